The average molecular weight is 461 g/mol. The largest absolute Gasteiger partial charge is 0.482 e. The summed E-state index contributed by atoms with van der Waals surface area (Å²) in [6.07, 6.45) is 2.48. The zero-order chi connectivity index (χ0) is 22.0. The highest BCUT2D eigenvalue weighted by Crippen LogP contribution is 2.32. The fourth-order valence-corrected chi connectivity index (χ4v) is 3.53. The molecule has 0 bridgehead atoms. The second kappa shape index (κ2) is 8.28. The predicted molar refractivity (Wildman–Crippen MR) is 119 cm³/mol. The summed E-state index contributed by atoms with van der Waals surface area (Å²) in [6, 6.07) is 11.9. The van der Waals surface area contributed by atoms with Crippen LogP contribution in [0.15, 0.2) is 48.7 Å². The summed E-state index contributed by atoms with van der Waals surface area (Å²) in [5, 5.41) is 9.03. The van der Waals surface area contributed by atoms with Crippen LogP contribution in [0.3, 0.4) is 0 Å². The third-order valence-electron chi connectivity index (χ3n) is 4.09. The molecule has 0 atom stereocenters. The Labute approximate surface area is 183 Å². The van der Waals surface area contributed by atoms with Gasteiger partial charge >= 0.3 is 0 Å². The maximum atomic E-state index is 11.6. The van der Waals surface area contributed by atoms with Crippen LogP contribution < -0.4 is 25.4 Å². The minimum Gasteiger partial charge on any atom is -0.482 e. The van der Waals surface area contributed by atoms with Gasteiger partial charge in [0.1, 0.15) is 10.8 Å². The number of carbonyl (C=O) groups excluding carboxylic acids is 1. The van der Waals surface area contributed by atoms with Crippen LogP contribution in [0, 0.1) is 0 Å². The standard InChI is InChI=1S/C19H17ClN6O4S/c1-31(28,29)26-14-5-3-2-4-13(14)24-18-12(20)9-21-19(25-18)22-11-6-7-16-15(8-11)23-17(27)10-30-16/h2-9,26H,10H2,1H3,(H,23,27)(H2,21,22,24,25). The number of carbonyl (C=O) groups is 1. The molecule has 12 heteroatoms. The average Bonchev–Trinajstić information content (AvgIpc) is 2.70. The van der Waals surface area contributed by atoms with Crippen molar-refractivity contribution < 1.29 is 17.9 Å². The quantitative estimate of drug-likeness (QED) is 0.440. The maximum absolute atomic E-state index is 11.6. The maximum Gasteiger partial charge on any atom is 0.262 e. The number of rotatable bonds is 6. The fourth-order valence-electron chi connectivity index (χ4n) is 2.81. The highest BCUT2D eigenvalue weighted by Gasteiger charge is 2.16. The van der Waals surface area contributed by atoms with Gasteiger partial charge in [-0.15, -0.1) is 0 Å². The van der Waals surface area contributed by atoms with E-state index in [1.807, 2.05) is 0 Å². The summed E-state index contributed by atoms with van der Waals surface area (Å²) < 4.78 is 31.0. The van der Waals surface area contributed by atoms with Gasteiger partial charge < -0.3 is 20.7 Å². The summed E-state index contributed by atoms with van der Waals surface area (Å²) in [4.78, 5) is 20.0. The zero-order valence-corrected chi connectivity index (χ0v) is 17.7. The number of sulfonamides is 1. The van der Waals surface area contributed by atoms with E-state index in [1.54, 1.807) is 42.5 Å². The molecule has 10 nitrogen and oxygen atoms in total. The van der Waals surface area contributed by atoms with Gasteiger partial charge in [0.2, 0.25) is 16.0 Å². The number of amides is 1. The molecule has 0 saturated carbocycles. The molecule has 0 unspecified atom stereocenters. The molecular weight excluding hydrogens is 444 g/mol. The minimum atomic E-state index is -3.47. The minimum absolute atomic E-state index is 0.0231. The Balaban J connectivity index is 1.58. The normalized spacial score (nSPS) is 12.9. The first-order valence-corrected chi connectivity index (χ1v) is 11.2. The van der Waals surface area contributed by atoms with Crippen molar-refractivity contribution in [3.05, 3.63) is 53.7 Å². The number of halogens is 1. The van der Waals surface area contributed by atoms with Crippen molar-refractivity contribution in [1.29, 1.82) is 0 Å². The first-order chi connectivity index (χ1) is 14.8. The molecule has 1 amide bonds. The summed E-state index contributed by atoms with van der Waals surface area (Å²) in [6.45, 7) is -0.0231. The van der Waals surface area contributed by atoms with Gasteiger partial charge in [0.15, 0.2) is 12.4 Å². The Morgan fingerprint density at radius 1 is 1.13 bits per heavy atom. The van der Waals surface area contributed by atoms with Gasteiger partial charge in [-0.05, 0) is 30.3 Å². The van der Waals surface area contributed by atoms with Crippen molar-refractivity contribution in [2.24, 2.45) is 0 Å². The van der Waals surface area contributed by atoms with Crippen LogP contribution in [-0.4, -0.2) is 37.2 Å². The van der Waals surface area contributed by atoms with Crippen LogP contribution in [-0.2, 0) is 14.8 Å². The van der Waals surface area contributed by atoms with Crippen molar-refractivity contribution in [3.63, 3.8) is 0 Å². The molecule has 1 aliphatic rings. The number of hydrogen-bond donors (Lipinski definition) is 4. The Morgan fingerprint density at radius 3 is 2.68 bits per heavy atom. The second-order valence-electron chi connectivity index (χ2n) is 6.61. The summed E-state index contributed by atoms with van der Waals surface area (Å²) in [7, 11) is -3.47. The zero-order valence-electron chi connectivity index (χ0n) is 16.1. The fraction of sp³-hybridized carbons (Fsp3) is 0.105. The van der Waals surface area contributed by atoms with Crippen LogP contribution >= 0.6 is 11.6 Å². The van der Waals surface area contributed by atoms with E-state index < -0.39 is 10.0 Å². The SMILES string of the molecule is CS(=O)(=O)Nc1ccccc1Nc1nc(Nc2ccc3c(c2)NC(=O)CO3)ncc1Cl. The van der Waals surface area contributed by atoms with Gasteiger partial charge in [0.05, 0.1) is 29.5 Å². The second-order valence-corrected chi connectivity index (χ2v) is 8.76. The summed E-state index contributed by atoms with van der Waals surface area (Å²) in [5.41, 5.74) is 1.97. The van der Waals surface area contributed by atoms with E-state index in [0.29, 0.717) is 28.5 Å². The summed E-state index contributed by atoms with van der Waals surface area (Å²) in [5.74, 6) is 0.847. The van der Waals surface area contributed by atoms with Gasteiger partial charge in [0, 0.05) is 5.69 Å². The Morgan fingerprint density at radius 2 is 1.90 bits per heavy atom. The molecule has 0 fully saturated rings. The molecule has 2 aromatic carbocycles. The topological polar surface area (TPSA) is 134 Å². The lowest BCUT2D eigenvalue weighted by Crippen LogP contribution is -2.25. The number of nitrogens with zero attached hydrogens (tertiary/aromatic N) is 2. The third-order valence-corrected chi connectivity index (χ3v) is 4.96. The van der Waals surface area contributed by atoms with E-state index in [0.717, 1.165) is 6.26 Å². The number of nitrogens with one attached hydrogen (secondary N) is 4. The number of anilines is 6. The number of benzene rings is 2. The third kappa shape index (κ3) is 5.13. The molecule has 0 spiro atoms. The number of para-hydroxylation sites is 2. The van der Waals surface area contributed by atoms with Crippen LogP contribution in [0.4, 0.5) is 34.5 Å². The lowest BCUT2D eigenvalue weighted by atomic mass is 10.2. The van der Waals surface area contributed by atoms with Crippen LogP contribution in [0.1, 0.15) is 0 Å². The Kier molecular flexibility index (Phi) is 5.53. The van der Waals surface area contributed by atoms with Gasteiger partial charge in [-0.1, -0.05) is 23.7 Å². The molecule has 0 saturated heterocycles. The molecule has 31 heavy (non-hydrogen) atoms. The number of hydrogen-bond acceptors (Lipinski definition) is 8. The van der Waals surface area contributed by atoms with Gasteiger partial charge in [0.25, 0.3) is 5.91 Å². The monoisotopic (exact) mass is 460 g/mol. The number of ether oxygens (including phenoxy) is 1. The molecule has 160 valence electrons. The Hall–Kier alpha value is -3.57. The van der Waals surface area contributed by atoms with Gasteiger partial charge in [-0.25, -0.2) is 13.4 Å². The van der Waals surface area contributed by atoms with E-state index in [1.165, 1.54) is 6.20 Å². The smallest absolute Gasteiger partial charge is 0.262 e. The highest BCUT2D eigenvalue weighted by atomic mass is 35.5. The number of aromatic nitrogens is 2. The summed E-state index contributed by atoms with van der Waals surface area (Å²) >= 11 is 6.23. The molecule has 4 rings (SSSR count). The van der Waals surface area contributed by atoms with Crippen molar-refractivity contribution in [1.82, 2.24) is 9.97 Å². The first kappa shape index (κ1) is 20.7. The molecule has 3 aromatic rings. The molecule has 4 N–H and O–H groups in total. The van der Waals surface area contributed by atoms with Crippen molar-refractivity contribution in [2.75, 3.05) is 33.5 Å². The lowest BCUT2D eigenvalue weighted by molar-refractivity contribution is -0.118. The first-order valence-electron chi connectivity index (χ1n) is 8.97. The van der Waals surface area contributed by atoms with Gasteiger partial charge in [-0.3, -0.25) is 9.52 Å². The van der Waals surface area contributed by atoms with Gasteiger partial charge in [-0.2, -0.15) is 4.98 Å². The lowest BCUT2D eigenvalue weighted by Gasteiger charge is -2.18. The van der Waals surface area contributed by atoms with E-state index >= 15 is 0 Å². The number of fused-ring (bicyclic) bond motifs is 1. The molecule has 0 radical (unpaired) electrons. The predicted octanol–water partition coefficient (Wildman–Crippen LogP) is 3.32. The van der Waals surface area contributed by atoms with E-state index in [-0.39, 0.29) is 29.3 Å². The molecule has 0 aliphatic carbocycles. The highest BCUT2D eigenvalue weighted by molar-refractivity contribution is 7.92. The van der Waals surface area contributed by atoms with E-state index in [2.05, 4.69) is 30.6 Å². The van der Waals surface area contributed by atoms with Crippen molar-refractivity contribution in [3.8, 4) is 5.75 Å². The van der Waals surface area contributed by atoms with Crippen LogP contribution in [0.5, 0.6) is 5.75 Å². The van der Waals surface area contributed by atoms with Crippen LogP contribution in [0.2, 0.25) is 5.02 Å². The van der Waals surface area contributed by atoms with Crippen LogP contribution in [0.25, 0.3) is 0 Å². The molecule has 2 heterocycles. The molecule has 1 aromatic heterocycles. The molecular formula is C19H17ClN6O4S. The molecule has 1 aliphatic heterocycles. The Bertz CT molecular complexity index is 1270. The van der Waals surface area contributed by atoms with Crippen molar-refractivity contribution in [2.45, 2.75) is 0 Å². The van der Waals surface area contributed by atoms with Crippen molar-refractivity contribution >= 4 is 62.0 Å². The van der Waals surface area contributed by atoms with E-state index in [4.69, 9.17) is 16.3 Å². The van der Waals surface area contributed by atoms with E-state index in [9.17, 15) is 13.2 Å².